The summed E-state index contributed by atoms with van der Waals surface area (Å²) in [7, 11) is -0.784. The van der Waals surface area contributed by atoms with Gasteiger partial charge in [0.1, 0.15) is 0 Å². The lowest BCUT2D eigenvalue weighted by Gasteiger charge is -1.99. The van der Waals surface area contributed by atoms with Crippen LogP contribution < -0.4 is 0 Å². The Hall–Kier alpha value is -0.573. The van der Waals surface area contributed by atoms with Gasteiger partial charge in [-0.05, 0) is 13.0 Å². The van der Waals surface area contributed by atoms with E-state index in [4.69, 9.17) is 5.21 Å². The lowest BCUT2D eigenvalue weighted by atomic mass is 10.5. The van der Waals surface area contributed by atoms with Gasteiger partial charge in [0.25, 0.3) is 0 Å². The lowest BCUT2D eigenvalue weighted by Crippen LogP contribution is -2.07. The van der Waals surface area contributed by atoms with Gasteiger partial charge in [0, 0.05) is 0 Å². The maximum Gasteiger partial charge on any atom is 0.0634 e. The lowest BCUT2D eigenvalue weighted by molar-refractivity contribution is 0.318. The van der Waals surface area contributed by atoms with Gasteiger partial charge in [0.15, 0.2) is 0 Å². The van der Waals surface area contributed by atoms with E-state index in [0.29, 0.717) is 0 Å². The first-order chi connectivity index (χ1) is 4.20. The van der Waals surface area contributed by atoms with E-state index in [0.717, 1.165) is 11.8 Å². The Morgan fingerprint density at radius 1 is 1.89 bits per heavy atom. The highest BCUT2D eigenvalue weighted by Crippen LogP contribution is 1.94. The second kappa shape index (κ2) is 4.32. The highest BCUT2D eigenvalue weighted by Gasteiger charge is 1.99. The summed E-state index contributed by atoms with van der Waals surface area (Å²) in [6.07, 6.45) is 0. The molecule has 0 bridgehead atoms. The molecule has 0 amide bonds. The van der Waals surface area contributed by atoms with Crippen LogP contribution >= 0.6 is 0 Å². The van der Waals surface area contributed by atoms with Crippen LogP contribution in [0.15, 0.2) is 17.4 Å². The molecule has 52 valence electrons. The van der Waals surface area contributed by atoms with Crippen molar-refractivity contribution >= 4 is 14.5 Å². The molecule has 2 nitrogen and oxygen atoms in total. The zero-order valence-corrected chi connectivity index (χ0v) is 7.12. The molecule has 0 spiro atoms. The maximum absolute atomic E-state index is 8.26. The van der Waals surface area contributed by atoms with Gasteiger partial charge in [0.2, 0.25) is 0 Å². The highest BCUT2D eigenvalue weighted by molar-refractivity contribution is 6.66. The normalized spacial score (nSPS) is 15.1. The number of hydrogen-bond donors (Lipinski definition) is 1. The molecule has 0 aromatic carbocycles. The number of rotatable bonds is 3. The van der Waals surface area contributed by atoms with Gasteiger partial charge < -0.3 is 5.21 Å². The summed E-state index contributed by atoms with van der Waals surface area (Å²) >= 11 is 0. The summed E-state index contributed by atoms with van der Waals surface area (Å²) in [6.45, 7) is 7.67. The summed E-state index contributed by atoms with van der Waals surface area (Å²) in [6, 6.07) is 0.931. The predicted molar refractivity (Wildman–Crippen MR) is 42.9 cm³/mol. The molecule has 0 fully saturated rings. The van der Waals surface area contributed by atoms with E-state index in [-0.39, 0.29) is 0 Å². The van der Waals surface area contributed by atoms with Crippen LogP contribution in [0.4, 0.5) is 0 Å². The molecule has 1 unspecified atom stereocenters. The standard InChI is InChI=1S/C6H13NOSi/c1-4-9(3)5-6(2)7-8/h4,8-9H,1,5H2,2-3H3. The monoisotopic (exact) mass is 143 g/mol. The quantitative estimate of drug-likeness (QED) is 0.275. The van der Waals surface area contributed by atoms with Crippen molar-refractivity contribution in [3.8, 4) is 0 Å². The van der Waals surface area contributed by atoms with Crippen LogP contribution in [0.1, 0.15) is 6.92 Å². The van der Waals surface area contributed by atoms with Crippen LogP contribution in [0.3, 0.4) is 0 Å². The SMILES string of the molecule is C=C[SiH](C)CC(C)=NO. The Morgan fingerprint density at radius 2 is 2.44 bits per heavy atom. The Kier molecular flexibility index (Phi) is 4.04. The van der Waals surface area contributed by atoms with Crippen molar-refractivity contribution < 1.29 is 5.21 Å². The number of oxime groups is 1. The van der Waals surface area contributed by atoms with Crippen molar-refractivity contribution in [1.82, 2.24) is 0 Å². The Morgan fingerprint density at radius 3 is 2.78 bits per heavy atom. The second-order valence-corrected chi connectivity index (χ2v) is 5.09. The fourth-order valence-corrected chi connectivity index (χ4v) is 1.77. The van der Waals surface area contributed by atoms with Crippen molar-refractivity contribution in [3.05, 3.63) is 12.3 Å². The van der Waals surface area contributed by atoms with Gasteiger partial charge >= 0.3 is 0 Å². The molecular weight excluding hydrogens is 130 g/mol. The first-order valence-corrected chi connectivity index (χ1v) is 5.64. The molecule has 0 radical (unpaired) electrons. The topological polar surface area (TPSA) is 32.6 Å². The number of hydrogen-bond acceptors (Lipinski definition) is 2. The molecule has 0 aliphatic carbocycles. The second-order valence-electron chi connectivity index (χ2n) is 2.25. The Bertz CT molecular complexity index is 122. The van der Waals surface area contributed by atoms with Gasteiger partial charge in [-0.1, -0.05) is 11.7 Å². The molecule has 0 saturated heterocycles. The average molecular weight is 143 g/mol. The molecule has 0 aliphatic heterocycles. The van der Waals surface area contributed by atoms with Crippen molar-refractivity contribution in [2.24, 2.45) is 5.16 Å². The van der Waals surface area contributed by atoms with E-state index in [9.17, 15) is 0 Å². The summed E-state index contributed by atoms with van der Waals surface area (Å²) in [5.74, 6) is 0. The van der Waals surface area contributed by atoms with Crippen LogP contribution in [-0.2, 0) is 0 Å². The van der Waals surface area contributed by atoms with Crippen LogP contribution in [0.5, 0.6) is 0 Å². The fraction of sp³-hybridized carbons (Fsp3) is 0.500. The van der Waals surface area contributed by atoms with Gasteiger partial charge in [-0.2, -0.15) is 0 Å². The van der Waals surface area contributed by atoms with Gasteiger partial charge in [-0.3, -0.25) is 0 Å². The molecule has 1 atom stereocenters. The average Bonchev–Trinajstić information content (AvgIpc) is 1.87. The molecule has 0 saturated carbocycles. The first kappa shape index (κ1) is 8.43. The summed E-state index contributed by atoms with van der Waals surface area (Å²) in [5.41, 5.74) is 2.79. The molecule has 3 heteroatoms. The van der Waals surface area contributed by atoms with Crippen molar-refractivity contribution in [1.29, 1.82) is 0 Å². The van der Waals surface area contributed by atoms with E-state index in [2.05, 4.69) is 18.3 Å². The molecule has 1 N–H and O–H groups in total. The summed E-state index contributed by atoms with van der Waals surface area (Å²) < 4.78 is 0. The Labute approximate surface area is 57.5 Å². The van der Waals surface area contributed by atoms with Crippen molar-refractivity contribution in [2.45, 2.75) is 19.5 Å². The third-order valence-electron chi connectivity index (χ3n) is 1.19. The van der Waals surface area contributed by atoms with Gasteiger partial charge in [-0.15, -0.1) is 12.3 Å². The van der Waals surface area contributed by atoms with Crippen LogP contribution in [0, 0.1) is 0 Å². The highest BCUT2D eigenvalue weighted by atomic mass is 28.3. The zero-order valence-electron chi connectivity index (χ0n) is 5.96. The molecule has 0 aliphatic rings. The zero-order chi connectivity index (χ0) is 7.28. The Balaban J connectivity index is 3.59. The van der Waals surface area contributed by atoms with E-state index in [1.165, 1.54) is 0 Å². The van der Waals surface area contributed by atoms with Crippen molar-refractivity contribution in [3.63, 3.8) is 0 Å². The van der Waals surface area contributed by atoms with E-state index in [1.54, 1.807) is 0 Å². The minimum atomic E-state index is -0.784. The van der Waals surface area contributed by atoms with Crippen molar-refractivity contribution in [2.75, 3.05) is 0 Å². The molecule has 0 heterocycles. The van der Waals surface area contributed by atoms with E-state index in [1.807, 2.05) is 12.6 Å². The molecule has 0 rings (SSSR count). The molecule has 0 aromatic rings. The molecular formula is C6H13NOSi. The first-order valence-electron chi connectivity index (χ1n) is 3.00. The smallest absolute Gasteiger partial charge is 0.0634 e. The minimum Gasteiger partial charge on any atom is -0.411 e. The van der Waals surface area contributed by atoms with Crippen LogP contribution in [0.2, 0.25) is 12.6 Å². The summed E-state index contributed by atoms with van der Waals surface area (Å²) in [5, 5.41) is 11.3. The number of nitrogens with zero attached hydrogens (tertiary/aromatic N) is 1. The van der Waals surface area contributed by atoms with Crippen LogP contribution in [0.25, 0.3) is 0 Å². The third-order valence-corrected chi connectivity index (χ3v) is 3.23. The largest absolute Gasteiger partial charge is 0.411 e. The molecule has 9 heavy (non-hydrogen) atoms. The third kappa shape index (κ3) is 3.97. The van der Waals surface area contributed by atoms with E-state index < -0.39 is 8.80 Å². The van der Waals surface area contributed by atoms with E-state index >= 15 is 0 Å². The summed E-state index contributed by atoms with van der Waals surface area (Å²) in [4.78, 5) is 0. The predicted octanol–water partition coefficient (Wildman–Crippen LogP) is 1.42. The fourth-order valence-electron chi connectivity index (χ4n) is 0.590. The van der Waals surface area contributed by atoms with Crippen LogP contribution in [-0.4, -0.2) is 19.7 Å². The minimum absolute atomic E-state index is 0.784. The maximum atomic E-state index is 8.26. The van der Waals surface area contributed by atoms with Gasteiger partial charge in [-0.25, -0.2) is 0 Å². The van der Waals surface area contributed by atoms with Gasteiger partial charge in [0.05, 0.1) is 14.5 Å². The molecule has 0 aromatic heterocycles.